The van der Waals surface area contributed by atoms with E-state index >= 15 is 0 Å². The summed E-state index contributed by atoms with van der Waals surface area (Å²) in [6.07, 6.45) is 2.94. The van der Waals surface area contributed by atoms with E-state index in [-0.39, 0.29) is 18.7 Å². The summed E-state index contributed by atoms with van der Waals surface area (Å²) in [5.74, 6) is 1.15. The van der Waals surface area contributed by atoms with Crippen LogP contribution in [0.1, 0.15) is 37.3 Å². The summed E-state index contributed by atoms with van der Waals surface area (Å²) in [5, 5.41) is 9.25. The van der Waals surface area contributed by atoms with Gasteiger partial charge < -0.3 is 25.0 Å². The van der Waals surface area contributed by atoms with E-state index in [9.17, 15) is 9.65 Å². The van der Waals surface area contributed by atoms with Crippen LogP contribution in [0.25, 0.3) is 0 Å². The number of fused-ring (bicyclic) bond motifs is 1. The molecule has 1 fully saturated rings. The van der Waals surface area contributed by atoms with Crippen LogP contribution >= 0.6 is 0 Å². The van der Waals surface area contributed by atoms with Gasteiger partial charge in [-0.1, -0.05) is 0 Å². The fraction of sp³-hybridized carbons (Fsp3) is 0.458. The predicted octanol–water partition coefficient (Wildman–Crippen LogP) is 3.63. The predicted molar refractivity (Wildman–Crippen MR) is 118 cm³/mol. The lowest BCUT2D eigenvalue weighted by Crippen LogP contribution is -2.47. The van der Waals surface area contributed by atoms with Gasteiger partial charge in [-0.15, -0.1) is 0 Å². The van der Waals surface area contributed by atoms with Crippen LogP contribution in [-0.2, 0) is 6.54 Å². The lowest BCUT2D eigenvalue weighted by atomic mass is 9.99. The van der Waals surface area contributed by atoms with Crippen molar-refractivity contribution in [3.05, 3.63) is 53.3 Å². The summed E-state index contributed by atoms with van der Waals surface area (Å²) in [5.41, 5.74) is 7.70. The topological polar surface area (TPSA) is 74.8 Å². The molecule has 0 spiro atoms. The third kappa shape index (κ3) is 4.76. The molecule has 2 aliphatic rings. The number of rotatable bonds is 7. The van der Waals surface area contributed by atoms with Crippen LogP contribution in [0.15, 0.2) is 36.4 Å². The van der Waals surface area contributed by atoms with Crippen molar-refractivity contribution < 1.29 is 13.9 Å². The maximum atomic E-state index is 14.6. The molecule has 0 radical (unpaired) electrons. The molecule has 2 aliphatic heterocycles. The number of nitriles is 1. The number of piperidine rings is 1. The molecule has 0 aliphatic carbocycles. The van der Waals surface area contributed by atoms with E-state index in [1.54, 1.807) is 6.07 Å². The van der Waals surface area contributed by atoms with Gasteiger partial charge in [-0.05, 0) is 63.1 Å². The largest absolute Gasteiger partial charge is 0.454 e. The Bertz CT molecular complexity index is 953. The van der Waals surface area contributed by atoms with Crippen LogP contribution in [0.4, 0.5) is 10.1 Å². The molecule has 4 rings (SSSR count). The maximum absolute atomic E-state index is 14.6. The van der Waals surface area contributed by atoms with Crippen LogP contribution < -0.4 is 20.1 Å². The smallest absolute Gasteiger partial charge is 0.231 e. The van der Waals surface area contributed by atoms with E-state index in [1.807, 2.05) is 18.2 Å². The van der Waals surface area contributed by atoms with E-state index in [2.05, 4.69) is 22.8 Å². The number of likely N-dealkylation sites (tertiary alicyclic amines) is 1. The molecule has 0 bridgehead atoms. The van der Waals surface area contributed by atoms with Crippen LogP contribution in [0.5, 0.6) is 11.5 Å². The fourth-order valence-corrected chi connectivity index (χ4v) is 4.51. The number of nitrogens with zero attached hydrogens (tertiary/aromatic N) is 3. The van der Waals surface area contributed by atoms with E-state index in [4.69, 9.17) is 15.2 Å². The van der Waals surface area contributed by atoms with Crippen molar-refractivity contribution in [3.8, 4) is 17.6 Å². The number of benzene rings is 2. The van der Waals surface area contributed by atoms with Gasteiger partial charge in [-0.3, -0.25) is 0 Å². The van der Waals surface area contributed by atoms with Crippen LogP contribution in [-0.4, -0.2) is 43.4 Å². The second kappa shape index (κ2) is 9.54. The highest BCUT2D eigenvalue weighted by atomic mass is 19.1. The van der Waals surface area contributed by atoms with Gasteiger partial charge in [0.1, 0.15) is 5.82 Å². The Balaban J connectivity index is 1.59. The molecule has 0 aromatic heterocycles. The first-order chi connectivity index (χ1) is 15.1. The SMILES string of the molecule is CC(CCN)N1CCC(N(Cc2cc(C#N)ccc2F)c2ccc3c(c2)OCO3)CC1. The van der Waals surface area contributed by atoms with E-state index < -0.39 is 0 Å². The Morgan fingerprint density at radius 2 is 1.97 bits per heavy atom. The Kier molecular flexibility index (Phi) is 6.59. The van der Waals surface area contributed by atoms with Crippen molar-refractivity contribution in [1.82, 2.24) is 4.90 Å². The monoisotopic (exact) mass is 424 g/mol. The van der Waals surface area contributed by atoms with Crippen molar-refractivity contribution in [1.29, 1.82) is 5.26 Å². The summed E-state index contributed by atoms with van der Waals surface area (Å²) >= 11 is 0. The molecule has 0 saturated carbocycles. The first kappa shape index (κ1) is 21.4. The van der Waals surface area contributed by atoms with Crippen molar-refractivity contribution in [2.24, 2.45) is 5.73 Å². The van der Waals surface area contributed by atoms with Gasteiger partial charge in [0.25, 0.3) is 0 Å². The number of hydrogen-bond acceptors (Lipinski definition) is 6. The molecule has 2 aromatic rings. The van der Waals surface area contributed by atoms with Gasteiger partial charge in [0.2, 0.25) is 6.79 Å². The second-order valence-electron chi connectivity index (χ2n) is 8.28. The van der Waals surface area contributed by atoms with Crippen LogP contribution in [0.3, 0.4) is 0 Å². The lowest BCUT2D eigenvalue weighted by molar-refractivity contribution is 0.154. The minimum atomic E-state index is -0.293. The molecule has 0 amide bonds. The summed E-state index contributed by atoms with van der Waals surface area (Å²) in [6, 6.07) is 13.3. The standard InChI is InChI=1S/C24H29FN4O2/c1-17(6-9-26)28-10-7-20(8-11-28)29(15-19-12-18(14-27)2-4-22(19)25)21-3-5-23-24(13-21)31-16-30-23/h2-5,12-13,17,20H,6-11,15-16,26H2,1H3. The number of nitrogens with two attached hydrogens (primary N) is 1. The number of halogens is 1. The zero-order valence-corrected chi connectivity index (χ0v) is 17.9. The third-order valence-corrected chi connectivity index (χ3v) is 6.35. The van der Waals surface area contributed by atoms with Crippen molar-refractivity contribution in [3.63, 3.8) is 0 Å². The Morgan fingerprint density at radius 1 is 1.19 bits per heavy atom. The zero-order chi connectivity index (χ0) is 21.8. The van der Waals surface area contributed by atoms with Crippen LogP contribution in [0, 0.1) is 17.1 Å². The minimum Gasteiger partial charge on any atom is -0.454 e. The normalized spacial score (nSPS) is 17.4. The van der Waals surface area contributed by atoms with E-state index in [1.165, 1.54) is 12.1 Å². The molecular formula is C24H29FN4O2. The molecule has 1 unspecified atom stereocenters. The number of ether oxygens (including phenoxy) is 2. The molecule has 1 atom stereocenters. The first-order valence-corrected chi connectivity index (χ1v) is 10.9. The fourth-order valence-electron chi connectivity index (χ4n) is 4.51. The highest BCUT2D eigenvalue weighted by Crippen LogP contribution is 2.37. The van der Waals surface area contributed by atoms with Gasteiger partial charge in [-0.2, -0.15) is 5.26 Å². The van der Waals surface area contributed by atoms with E-state index in [0.717, 1.165) is 43.8 Å². The summed E-state index contributed by atoms with van der Waals surface area (Å²) in [7, 11) is 0. The Hall–Kier alpha value is -2.82. The molecule has 2 heterocycles. The summed E-state index contributed by atoms with van der Waals surface area (Å²) in [6.45, 7) is 5.49. The van der Waals surface area contributed by atoms with Gasteiger partial charge in [-0.25, -0.2) is 4.39 Å². The van der Waals surface area contributed by atoms with Gasteiger partial charge >= 0.3 is 0 Å². The molecule has 31 heavy (non-hydrogen) atoms. The average Bonchev–Trinajstić information content (AvgIpc) is 3.27. The third-order valence-electron chi connectivity index (χ3n) is 6.35. The van der Waals surface area contributed by atoms with Crippen LogP contribution in [0.2, 0.25) is 0 Å². The highest BCUT2D eigenvalue weighted by molar-refractivity contribution is 5.58. The van der Waals surface area contributed by atoms with Gasteiger partial charge in [0, 0.05) is 49.0 Å². The van der Waals surface area contributed by atoms with Gasteiger partial charge in [0.15, 0.2) is 11.5 Å². The molecule has 1 saturated heterocycles. The number of hydrogen-bond donors (Lipinski definition) is 1. The average molecular weight is 425 g/mol. The van der Waals surface area contributed by atoms with Crippen molar-refractivity contribution >= 4 is 5.69 Å². The lowest BCUT2D eigenvalue weighted by Gasteiger charge is -2.42. The molecular weight excluding hydrogens is 395 g/mol. The molecule has 7 heteroatoms. The molecule has 164 valence electrons. The van der Waals surface area contributed by atoms with Crippen molar-refractivity contribution in [2.45, 2.75) is 44.8 Å². The maximum Gasteiger partial charge on any atom is 0.231 e. The van der Waals surface area contributed by atoms with E-state index in [0.29, 0.717) is 36.0 Å². The quantitative estimate of drug-likeness (QED) is 0.732. The summed E-state index contributed by atoms with van der Waals surface area (Å²) < 4.78 is 25.7. The highest BCUT2D eigenvalue weighted by Gasteiger charge is 2.28. The first-order valence-electron chi connectivity index (χ1n) is 10.9. The van der Waals surface area contributed by atoms with Crippen molar-refractivity contribution in [2.75, 3.05) is 31.3 Å². The Labute approximate surface area is 183 Å². The molecule has 6 nitrogen and oxygen atoms in total. The number of anilines is 1. The summed E-state index contributed by atoms with van der Waals surface area (Å²) in [4.78, 5) is 4.73. The second-order valence-corrected chi connectivity index (χ2v) is 8.28. The molecule has 2 aromatic carbocycles. The Morgan fingerprint density at radius 3 is 2.71 bits per heavy atom. The zero-order valence-electron chi connectivity index (χ0n) is 17.9. The minimum absolute atomic E-state index is 0.217. The van der Waals surface area contributed by atoms with Gasteiger partial charge in [0.05, 0.1) is 11.6 Å². The molecule has 2 N–H and O–H groups in total.